The van der Waals surface area contributed by atoms with E-state index in [0.29, 0.717) is 90.1 Å². The molecule has 0 aromatic carbocycles. The third kappa shape index (κ3) is 45.3. The number of hydrogen-bond acceptors (Lipinski definition) is 25. The van der Waals surface area contributed by atoms with Crippen LogP contribution < -0.4 is 0 Å². The van der Waals surface area contributed by atoms with Crippen molar-refractivity contribution < 1.29 is 124 Å². The smallest absolute Gasteiger partial charge is 0.333 e. The molecule has 0 amide bonds. The number of ether oxygens (including phenoxy) is 13. The maximum atomic E-state index is 12.6. The van der Waals surface area contributed by atoms with Crippen LogP contribution >= 0.6 is 0 Å². The van der Waals surface area contributed by atoms with Gasteiger partial charge < -0.3 is 66.7 Å². The van der Waals surface area contributed by atoms with Crippen LogP contribution in [-0.2, 0) is 119 Å². The summed E-state index contributed by atoms with van der Waals surface area (Å²) in [6.45, 7) is 24.8. The van der Waals surface area contributed by atoms with Gasteiger partial charge in [0, 0.05) is 86.8 Å². The van der Waals surface area contributed by atoms with Crippen molar-refractivity contribution in [1.82, 2.24) is 0 Å². The van der Waals surface area contributed by atoms with Crippen molar-refractivity contribution in [2.75, 3.05) is 66.1 Å². The van der Waals surface area contributed by atoms with Crippen LogP contribution in [0.5, 0.6) is 0 Å². The fourth-order valence-corrected chi connectivity index (χ4v) is 7.01. The Labute approximate surface area is 515 Å². The van der Waals surface area contributed by atoms with Gasteiger partial charge in [-0.1, -0.05) is 46.9 Å². The normalized spacial score (nSPS) is 16.2. The molecule has 0 spiro atoms. The third-order valence-corrected chi connectivity index (χ3v) is 11.7. The number of carbonyl (C=O) groups excluding carboxylic acids is 11. The van der Waals surface area contributed by atoms with Gasteiger partial charge in [-0.05, 0) is 90.9 Å². The number of esters is 11. The lowest BCUT2D eigenvalue weighted by atomic mass is 10.0. The molecule has 0 bridgehead atoms. The predicted octanol–water partition coefficient (Wildman–Crippen LogP) is 7.26. The zero-order chi connectivity index (χ0) is 65.2. The van der Waals surface area contributed by atoms with Crippen LogP contribution in [0.15, 0.2) is 74.9 Å². The quantitative estimate of drug-likeness (QED) is 0.0272. The highest BCUT2D eigenvalue weighted by Crippen LogP contribution is 2.23. The highest BCUT2D eigenvalue weighted by atomic mass is 16.6. The second-order valence-electron chi connectivity index (χ2n) is 19.3. The standard InChI is InChI=1S/C32H46O13.C21H30O9.C8H12O4.CH4/c1-6-27(33)39-16-10-7-13-28(34)43-20-24-19-25(44-29(35)14-8-11-17-40-31(37)22(2)3)26(21-42-24)45-30(36)15-9-12-18-41-32(38)23(4)5;1-3-18(22)27-12-7-5-9-20(24)29-16-11-14-26-15-17(16)30-21(25)10-6-8-13-28-19(23)4-2;1-2-8(11)12-6-4-3-5-7(9)10;/h6,24-26H,1-2,4,7-21H2,3,5H3;3-4,16-17H,1-2,5-15H2;2H,1,3-6H2,(H,9,10);1H4/t24?,25-,26+;16-,17+;;/m00../s1. The van der Waals surface area contributed by atoms with Gasteiger partial charge in [-0.15, -0.1) is 0 Å². The molecule has 2 fully saturated rings. The molecule has 496 valence electrons. The molecule has 2 aliphatic heterocycles. The summed E-state index contributed by atoms with van der Waals surface area (Å²) in [6, 6.07) is 0. The van der Waals surface area contributed by atoms with Crippen molar-refractivity contribution in [3.8, 4) is 0 Å². The van der Waals surface area contributed by atoms with Crippen molar-refractivity contribution in [3.63, 3.8) is 0 Å². The van der Waals surface area contributed by atoms with Gasteiger partial charge in [0.2, 0.25) is 0 Å². The van der Waals surface area contributed by atoms with E-state index in [9.17, 15) is 57.5 Å². The van der Waals surface area contributed by atoms with E-state index in [2.05, 4.69) is 44.2 Å². The average Bonchev–Trinajstić information content (AvgIpc) is 3.68. The van der Waals surface area contributed by atoms with Crippen LogP contribution in [0.25, 0.3) is 0 Å². The van der Waals surface area contributed by atoms with E-state index >= 15 is 0 Å². The predicted molar refractivity (Wildman–Crippen MR) is 314 cm³/mol. The molecule has 0 radical (unpaired) electrons. The number of carboxylic acid groups (broad SMARTS) is 1. The van der Waals surface area contributed by atoms with E-state index in [1.807, 2.05) is 0 Å². The zero-order valence-electron chi connectivity index (χ0n) is 50.3. The Hall–Kier alpha value is -8.00. The third-order valence-electron chi connectivity index (χ3n) is 11.7. The Morgan fingerprint density at radius 2 is 0.739 bits per heavy atom. The number of rotatable bonds is 42. The second-order valence-corrected chi connectivity index (χ2v) is 19.3. The minimum absolute atomic E-state index is 0. The Balaban J connectivity index is 0. The molecule has 88 heavy (non-hydrogen) atoms. The molecule has 5 atom stereocenters. The fourth-order valence-electron chi connectivity index (χ4n) is 7.01. The number of aliphatic carboxylic acids is 1. The minimum atomic E-state index is -0.871. The zero-order valence-corrected chi connectivity index (χ0v) is 50.3. The first-order valence-corrected chi connectivity index (χ1v) is 28.7. The van der Waals surface area contributed by atoms with Gasteiger partial charge in [-0.2, -0.15) is 0 Å². The van der Waals surface area contributed by atoms with E-state index in [1.54, 1.807) is 13.8 Å². The molecule has 2 rings (SSSR count). The number of carbonyl (C=O) groups is 12. The summed E-state index contributed by atoms with van der Waals surface area (Å²) < 4.78 is 67.6. The first-order valence-electron chi connectivity index (χ1n) is 28.7. The number of carboxylic acids is 1. The molecule has 1 unspecified atom stereocenters. The highest BCUT2D eigenvalue weighted by molar-refractivity contribution is 5.87. The topological polar surface area (TPSA) is 345 Å². The summed E-state index contributed by atoms with van der Waals surface area (Å²) >= 11 is 0. The summed E-state index contributed by atoms with van der Waals surface area (Å²) in [5.41, 5.74) is 0.572. The van der Waals surface area contributed by atoms with Crippen molar-refractivity contribution in [2.45, 2.75) is 180 Å². The van der Waals surface area contributed by atoms with Crippen molar-refractivity contribution >= 4 is 71.6 Å². The van der Waals surface area contributed by atoms with E-state index in [-0.39, 0.29) is 123 Å². The monoisotopic (exact) mass is 1250 g/mol. The molecule has 2 saturated heterocycles. The van der Waals surface area contributed by atoms with Crippen LogP contribution in [0.4, 0.5) is 0 Å². The molecule has 26 nitrogen and oxygen atoms in total. The molecule has 2 aliphatic rings. The van der Waals surface area contributed by atoms with Gasteiger partial charge in [-0.25, -0.2) is 28.8 Å². The van der Waals surface area contributed by atoms with Crippen LogP contribution in [0.2, 0.25) is 0 Å². The molecule has 1 N–H and O–H groups in total. The number of hydrogen-bond donors (Lipinski definition) is 1. The Bertz CT molecular complexity index is 2200. The van der Waals surface area contributed by atoms with Gasteiger partial charge in [0.25, 0.3) is 0 Å². The van der Waals surface area contributed by atoms with Crippen LogP contribution in [0.3, 0.4) is 0 Å². The first-order chi connectivity index (χ1) is 41.5. The molecule has 0 aromatic rings. The minimum Gasteiger partial charge on any atom is -0.481 e. The van der Waals surface area contributed by atoms with Gasteiger partial charge in [0.15, 0.2) is 12.2 Å². The summed E-state index contributed by atoms with van der Waals surface area (Å²) in [4.78, 5) is 138. The molecule has 26 heteroatoms. The van der Waals surface area contributed by atoms with Gasteiger partial charge in [0.1, 0.15) is 18.8 Å². The van der Waals surface area contributed by atoms with Crippen LogP contribution in [0, 0.1) is 0 Å². The maximum Gasteiger partial charge on any atom is 0.333 e. The molecule has 0 aliphatic carbocycles. The van der Waals surface area contributed by atoms with Crippen molar-refractivity contribution in [2.24, 2.45) is 0 Å². The summed E-state index contributed by atoms with van der Waals surface area (Å²) in [5.74, 6) is -6.17. The summed E-state index contributed by atoms with van der Waals surface area (Å²) in [5, 5.41) is 8.24. The van der Waals surface area contributed by atoms with Crippen LogP contribution in [-0.4, -0.2) is 173 Å². The SMILES string of the molecule is C.C=CC(=O)OCCCCC(=O)O.C=CC(=O)OCCCCC(=O)OCC1C[C@H](OC(=O)CCCCOC(=O)C(=C)C)[C@H](OC(=O)CCCCOC(=O)C(=C)C)CO1.C=CC(=O)OCCCCC(=O)O[C@H]1CCOC[C@H]1OC(=O)CCCCOC(=O)C=C. The fraction of sp³-hybridized carbons (Fsp3) is 0.613. The molecule has 2 heterocycles. The molecular weight excluding hydrogens is 1160 g/mol. The van der Waals surface area contributed by atoms with Gasteiger partial charge in [-0.3, -0.25) is 28.8 Å². The van der Waals surface area contributed by atoms with E-state index in [4.69, 9.17) is 61.9 Å². The second kappa shape index (κ2) is 52.2. The average molecular weight is 1250 g/mol. The number of unbranched alkanes of at least 4 members (excludes halogenated alkanes) is 6. The first kappa shape index (κ1) is 82.1. The maximum absolute atomic E-state index is 12.6. The van der Waals surface area contributed by atoms with E-state index < -0.39 is 102 Å². The summed E-state index contributed by atoms with van der Waals surface area (Å²) in [6.07, 6.45) is 7.83. The lowest BCUT2D eigenvalue weighted by Crippen LogP contribution is -2.47. The Morgan fingerprint density at radius 3 is 1.09 bits per heavy atom. The summed E-state index contributed by atoms with van der Waals surface area (Å²) in [7, 11) is 0. The van der Waals surface area contributed by atoms with Crippen molar-refractivity contribution in [3.05, 3.63) is 74.9 Å². The van der Waals surface area contributed by atoms with Crippen molar-refractivity contribution in [1.29, 1.82) is 0 Å². The Kier molecular flexibility index (Phi) is 48.6. The largest absolute Gasteiger partial charge is 0.481 e. The van der Waals surface area contributed by atoms with E-state index in [0.717, 1.165) is 24.3 Å². The highest BCUT2D eigenvalue weighted by Gasteiger charge is 2.37. The molecule has 0 saturated carbocycles. The Morgan fingerprint density at radius 1 is 0.420 bits per heavy atom. The van der Waals surface area contributed by atoms with Gasteiger partial charge >= 0.3 is 71.6 Å². The lowest BCUT2D eigenvalue weighted by molar-refractivity contribution is -0.194. The lowest BCUT2D eigenvalue weighted by Gasteiger charge is -2.35. The van der Waals surface area contributed by atoms with E-state index in [1.165, 1.54) is 0 Å². The van der Waals surface area contributed by atoms with Crippen LogP contribution in [0.1, 0.15) is 150 Å². The molecular formula is C62H92O26. The molecule has 0 aromatic heterocycles. The van der Waals surface area contributed by atoms with Gasteiger partial charge in [0.05, 0.1) is 65.6 Å².